The van der Waals surface area contributed by atoms with Gasteiger partial charge in [-0.2, -0.15) is 4.31 Å². The maximum absolute atomic E-state index is 12.6. The molecule has 0 spiro atoms. The first-order valence-electron chi connectivity index (χ1n) is 6.32. The molecular weight excluding hydrogens is 280 g/mol. The SMILES string of the molecule is COc1ccc(S(=O)(=O)N2C[C@H](C)NC(=O)[C@@H]2C)cc1. The highest BCUT2D eigenvalue weighted by Gasteiger charge is 2.37. The third-order valence-corrected chi connectivity index (χ3v) is 5.27. The Morgan fingerprint density at radius 2 is 1.85 bits per heavy atom. The molecule has 1 saturated heterocycles. The fraction of sp³-hybridized carbons (Fsp3) is 0.462. The van der Waals surface area contributed by atoms with Crippen LogP contribution < -0.4 is 10.1 Å². The summed E-state index contributed by atoms with van der Waals surface area (Å²) in [5, 5.41) is 2.74. The minimum atomic E-state index is -3.69. The molecule has 0 saturated carbocycles. The zero-order valence-electron chi connectivity index (χ0n) is 11.7. The van der Waals surface area contributed by atoms with Gasteiger partial charge in [0.25, 0.3) is 0 Å². The first kappa shape index (κ1) is 14.8. The Labute approximate surface area is 118 Å². The topological polar surface area (TPSA) is 75.7 Å². The second-order valence-electron chi connectivity index (χ2n) is 4.84. The summed E-state index contributed by atoms with van der Waals surface area (Å²) in [6.07, 6.45) is 0. The minimum Gasteiger partial charge on any atom is -0.497 e. The van der Waals surface area contributed by atoms with Gasteiger partial charge in [0.1, 0.15) is 11.8 Å². The van der Waals surface area contributed by atoms with E-state index < -0.39 is 16.1 Å². The Bertz CT molecular complexity index is 597. The number of rotatable bonds is 3. The number of sulfonamides is 1. The Kier molecular flexibility index (Phi) is 4.01. The molecule has 0 unspecified atom stereocenters. The Morgan fingerprint density at radius 1 is 1.25 bits per heavy atom. The highest BCUT2D eigenvalue weighted by Crippen LogP contribution is 2.23. The largest absolute Gasteiger partial charge is 0.497 e. The summed E-state index contributed by atoms with van der Waals surface area (Å²) in [5.74, 6) is 0.308. The summed E-state index contributed by atoms with van der Waals surface area (Å²) < 4.78 is 31.4. The first-order valence-corrected chi connectivity index (χ1v) is 7.76. The van der Waals surface area contributed by atoms with Crippen molar-refractivity contribution in [2.24, 2.45) is 0 Å². The molecule has 0 bridgehead atoms. The summed E-state index contributed by atoms with van der Waals surface area (Å²) in [4.78, 5) is 11.9. The van der Waals surface area contributed by atoms with Crippen LogP contribution in [0.3, 0.4) is 0 Å². The van der Waals surface area contributed by atoms with Gasteiger partial charge in [-0.3, -0.25) is 4.79 Å². The standard InChI is InChI=1S/C13H18N2O4S/c1-9-8-15(10(2)13(16)14-9)20(17,18)12-6-4-11(19-3)5-7-12/h4-7,9-10H,8H2,1-3H3,(H,14,16)/t9-,10-/m0/s1. The van der Waals surface area contributed by atoms with Crippen LogP contribution in [0.25, 0.3) is 0 Å². The van der Waals surface area contributed by atoms with Crippen molar-refractivity contribution in [1.82, 2.24) is 9.62 Å². The van der Waals surface area contributed by atoms with Crippen molar-refractivity contribution in [3.8, 4) is 5.75 Å². The molecule has 1 heterocycles. The van der Waals surface area contributed by atoms with E-state index in [0.29, 0.717) is 5.75 Å². The van der Waals surface area contributed by atoms with Crippen LogP contribution in [0.5, 0.6) is 5.75 Å². The predicted octanol–water partition coefficient (Wildman–Crippen LogP) is 0.593. The van der Waals surface area contributed by atoms with Crippen molar-refractivity contribution < 1.29 is 17.9 Å². The fourth-order valence-corrected chi connectivity index (χ4v) is 3.84. The third-order valence-electron chi connectivity index (χ3n) is 3.32. The molecular formula is C13H18N2O4S. The maximum Gasteiger partial charge on any atom is 0.243 e. The lowest BCUT2D eigenvalue weighted by Crippen LogP contribution is -2.59. The number of methoxy groups -OCH3 is 1. The van der Waals surface area contributed by atoms with Crippen LogP contribution in [0.15, 0.2) is 29.2 Å². The molecule has 20 heavy (non-hydrogen) atoms. The van der Waals surface area contributed by atoms with Crippen molar-refractivity contribution >= 4 is 15.9 Å². The van der Waals surface area contributed by atoms with E-state index in [0.717, 1.165) is 0 Å². The molecule has 1 N–H and O–H groups in total. The highest BCUT2D eigenvalue weighted by molar-refractivity contribution is 7.89. The Balaban J connectivity index is 2.35. The number of hydrogen-bond acceptors (Lipinski definition) is 4. The summed E-state index contributed by atoms with van der Waals surface area (Å²) in [6, 6.07) is 5.23. The number of hydrogen-bond donors (Lipinski definition) is 1. The molecule has 110 valence electrons. The quantitative estimate of drug-likeness (QED) is 0.886. The van der Waals surface area contributed by atoms with Crippen LogP contribution >= 0.6 is 0 Å². The molecule has 1 aromatic carbocycles. The van der Waals surface area contributed by atoms with Gasteiger partial charge in [0.05, 0.1) is 12.0 Å². The number of carbonyl (C=O) groups is 1. The number of nitrogens with zero attached hydrogens (tertiary/aromatic N) is 1. The van der Waals surface area contributed by atoms with Crippen molar-refractivity contribution in [1.29, 1.82) is 0 Å². The van der Waals surface area contributed by atoms with E-state index in [9.17, 15) is 13.2 Å². The molecule has 2 rings (SSSR count). The molecule has 1 aromatic rings. The smallest absolute Gasteiger partial charge is 0.243 e. The van der Waals surface area contributed by atoms with E-state index in [4.69, 9.17) is 4.74 Å². The molecule has 1 aliphatic rings. The van der Waals surface area contributed by atoms with Gasteiger partial charge >= 0.3 is 0 Å². The van der Waals surface area contributed by atoms with Crippen LogP contribution in [0.4, 0.5) is 0 Å². The van der Waals surface area contributed by atoms with E-state index >= 15 is 0 Å². The van der Waals surface area contributed by atoms with Crippen LogP contribution in [-0.2, 0) is 14.8 Å². The lowest BCUT2D eigenvalue weighted by molar-refractivity contribution is -0.127. The van der Waals surface area contributed by atoms with Gasteiger partial charge in [-0.1, -0.05) is 0 Å². The molecule has 6 nitrogen and oxygen atoms in total. The lowest BCUT2D eigenvalue weighted by atomic mass is 10.2. The van der Waals surface area contributed by atoms with Gasteiger partial charge in [-0.15, -0.1) is 0 Å². The van der Waals surface area contributed by atoms with E-state index in [-0.39, 0.29) is 23.4 Å². The van der Waals surface area contributed by atoms with Gasteiger partial charge < -0.3 is 10.1 Å². The monoisotopic (exact) mass is 298 g/mol. The zero-order chi connectivity index (χ0) is 14.9. The number of piperazine rings is 1. The molecule has 1 amide bonds. The number of ether oxygens (including phenoxy) is 1. The van der Waals surface area contributed by atoms with Crippen LogP contribution in [0.2, 0.25) is 0 Å². The molecule has 0 aromatic heterocycles. The molecule has 0 radical (unpaired) electrons. The normalized spacial score (nSPS) is 24.2. The summed E-state index contributed by atoms with van der Waals surface area (Å²) in [7, 11) is -2.17. The van der Waals surface area contributed by atoms with Gasteiger partial charge in [0, 0.05) is 12.6 Å². The number of benzene rings is 1. The average Bonchev–Trinajstić information content (AvgIpc) is 2.42. The molecule has 7 heteroatoms. The second-order valence-corrected chi connectivity index (χ2v) is 6.73. The van der Waals surface area contributed by atoms with Gasteiger partial charge in [-0.25, -0.2) is 8.42 Å². The summed E-state index contributed by atoms with van der Waals surface area (Å²) >= 11 is 0. The van der Waals surface area contributed by atoms with Gasteiger partial charge in [0.15, 0.2) is 0 Å². The zero-order valence-corrected chi connectivity index (χ0v) is 12.5. The predicted molar refractivity (Wildman–Crippen MR) is 74.0 cm³/mol. The van der Waals surface area contributed by atoms with Crippen molar-refractivity contribution in [2.45, 2.75) is 30.8 Å². The number of amides is 1. The van der Waals surface area contributed by atoms with Crippen LogP contribution in [0, 0.1) is 0 Å². The molecule has 0 aliphatic carbocycles. The fourth-order valence-electron chi connectivity index (χ4n) is 2.16. The van der Waals surface area contributed by atoms with Crippen molar-refractivity contribution in [3.63, 3.8) is 0 Å². The lowest BCUT2D eigenvalue weighted by Gasteiger charge is -2.35. The summed E-state index contributed by atoms with van der Waals surface area (Å²) in [6.45, 7) is 3.63. The average molecular weight is 298 g/mol. The molecule has 1 fully saturated rings. The van der Waals surface area contributed by atoms with E-state index in [1.807, 2.05) is 0 Å². The molecule has 1 aliphatic heterocycles. The van der Waals surface area contributed by atoms with Gasteiger partial charge in [-0.05, 0) is 38.1 Å². The van der Waals surface area contributed by atoms with E-state index in [2.05, 4.69) is 5.32 Å². The number of carbonyl (C=O) groups excluding carboxylic acids is 1. The third kappa shape index (κ3) is 2.64. The van der Waals surface area contributed by atoms with Crippen molar-refractivity contribution in [2.75, 3.05) is 13.7 Å². The van der Waals surface area contributed by atoms with E-state index in [1.54, 1.807) is 26.0 Å². The minimum absolute atomic E-state index is 0.159. The Hall–Kier alpha value is -1.60. The Morgan fingerprint density at radius 3 is 2.40 bits per heavy atom. The number of nitrogens with one attached hydrogen (secondary N) is 1. The second kappa shape index (κ2) is 5.41. The van der Waals surface area contributed by atoms with Crippen molar-refractivity contribution in [3.05, 3.63) is 24.3 Å². The highest BCUT2D eigenvalue weighted by atomic mass is 32.2. The maximum atomic E-state index is 12.6. The summed E-state index contributed by atoms with van der Waals surface area (Å²) in [5.41, 5.74) is 0. The van der Waals surface area contributed by atoms with Gasteiger partial charge in [0.2, 0.25) is 15.9 Å². The molecule has 2 atom stereocenters. The van der Waals surface area contributed by atoms with E-state index in [1.165, 1.54) is 23.5 Å². The van der Waals surface area contributed by atoms with Crippen LogP contribution in [-0.4, -0.2) is 44.4 Å². The first-order chi connectivity index (χ1) is 9.36. The van der Waals surface area contributed by atoms with Crippen LogP contribution in [0.1, 0.15) is 13.8 Å².